The van der Waals surface area contributed by atoms with Crippen LogP contribution in [0.25, 0.3) is 11.0 Å². The number of fused-ring (bicyclic) bond motifs is 1. The van der Waals surface area contributed by atoms with Crippen molar-refractivity contribution in [1.82, 2.24) is 14.5 Å². The molecule has 4 rings (SSSR count). The molecule has 3 aromatic rings. The number of hydrogen-bond acceptors (Lipinski definition) is 3. The third-order valence-electron chi connectivity index (χ3n) is 5.77. The van der Waals surface area contributed by atoms with Gasteiger partial charge in [0.2, 0.25) is 5.91 Å². The largest absolute Gasteiger partial charge is 0.493 e. The second-order valence-corrected chi connectivity index (χ2v) is 7.80. The van der Waals surface area contributed by atoms with Crippen molar-refractivity contribution in [3.05, 3.63) is 59.9 Å². The molecule has 0 spiro atoms. The fourth-order valence-electron chi connectivity index (χ4n) is 4.27. The number of ether oxygens (including phenoxy) is 1. The highest BCUT2D eigenvalue weighted by Gasteiger charge is 2.31. The molecular formula is C24H29N3O2. The average Bonchev–Trinajstić information content (AvgIpc) is 3.34. The molecule has 1 fully saturated rings. The molecule has 1 amide bonds. The van der Waals surface area contributed by atoms with E-state index in [0.717, 1.165) is 61.4 Å². The quantitative estimate of drug-likeness (QED) is 0.539. The summed E-state index contributed by atoms with van der Waals surface area (Å²) in [5, 5.41) is 0. The molecular weight excluding hydrogens is 362 g/mol. The number of imidazole rings is 1. The van der Waals surface area contributed by atoms with Crippen molar-refractivity contribution in [2.75, 3.05) is 13.2 Å². The molecule has 0 bridgehead atoms. The molecule has 1 saturated heterocycles. The van der Waals surface area contributed by atoms with Crippen LogP contribution in [0.3, 0.4) is 0 Å². The van der Waals surface area contributed by atoms with Gasteiger partial charge in [0.1, 0.15) is 11.6 Å². The molecule has 0 aliphatic carbocycles. The van der Waals surface area contributed by atoms with Gasteiger partial charge in [0.15, 0.2) is 0 Å². The number of rotatable bonds is 7. The molecule has 1 aromatic heterocycles. The van der Waals surface area contributed by atoms with Crippen molar-refractivity contribution in [1.29, 1.82) is 0 Å². The van der Waals surface area contributed by atoms with E-state index in [4.69, 9.17) is 9.72 Å². The highest BCUT2D eigenvalue weighted by molar-refractivity contribution is 5.77. The molecule has 0 N–H and O–H groups in total. The number of carbonyl (C=O) groups excluding carboxylic acids is 1. The van der Waals surface area contributed by atoms with Crippen LogP contribution >= 0.6 is 0 Å². The first-order chi connectivity index (χ1) is 14.1. The zero-order chi connectivity index (χ0) is 20.2. The Bertz CT molecular complexity index is 995. The van der Waals surface area contributed by atoms with Crippen LogP contribution in [-0.4, -0.2) is 33.5 Å². The Morgan fingerprint density at radius 3 is 2.76 bits per heavy atom. The molecule has 0 saturated carbocycles. The summed E-state index contributed by atoms with van der Waals surface area (Å²) in [6, 6.07) is 16.5. The van der Waals surface area contributed by atoms with Crippen LogP contribution in [0.1, 0.15) is 50.0 Å². The second kappa shape index (κ2) is 8.68. The number of aryl methyl sites for hydroxylation is 2. The van der Waals surface area contributed by atoms with Crippen LogP contribution in [0.5, 0.6) is 5.75 Å². The molecule has 2 aromatic carbocycles. The highest BCUT2D eigenvalue weighted by atomic mass is 16.5. The molecule has 1 aliphatic heterocycles. The summed E-state index contributed by atoms with van der Waals surface area (Å²) in [4.78, 5) is 19.0. The minimum Gasteiger partial charge on any atom is -0.493 e. The zero-order valence-corrected chi connectivity index (χ0v) is 17.3. The lowest BCUT2D eigenvalue weighted by Crippen LogP contribution is -2.30. The maximum absolute atomic E-state index is 12.1. The van der Waals surface area contributed by atoms with E-state index in [2.05, 4.69) is 35.8 Å². The topological polar surface area (TPSA) is 47.4 Å². The third kappa shape index (κ3) is 4.14. The molecule has 5 heteroatoms. The minimum absolute atomic E-state index is 0.0862. The summed E-state index contributed by atoms with van der Waals surface area (Å²) >= 11 is 0. The Balaban J connectivity index is 1.46. The number of para-hydroxylation sites is 3. The van der Waals surface area contributed by atoms with Gasteiger partial charge in [-0.1, -0.05) is 30.3 Å². The van der Waals surface area contributed by atoms with Gasteiger partial charge in [0, 0.05) is 20.0 Å². The lowest BCUT2D eigenvalue weighted by molar-refractivity contribution is -0.129. The van der Waals surface area contributed by atoms with E-state index in [1.54, 1.807) is 6.92 Å². The number of nitrogens with zero attached hydrogens (tertiary/aromatic N) is 3. The van der Waals surface area contributed by atoms with Gasteiger partial charge in [0.25, 0.3) is 0 Å². The van der Waals surface area contributed by atoms with Crippen LogP contribution in [0.4, 0.5) is 0 Å². The fraction of sp³-hybridized carbons (Fsp3) is 0.417. The van der Waals surface area contributed by atoms with Crippen LogP contribution in [0.15, 0.2) is 48.5 Å². The van der Waals surface area contributed by atoms with Crippen molar-refractivity contribution in [2.45, 2.75) is 52.1 Å². The summed E-state index contributed by atoms with van der Waals surface area (Å²) < 4.78 is 8.26. The van der Waals surface area contributed by atoms with Crippen LogP contribution in [0, 0.1) is 6.92 Å². The fourth-order valence-corrected chi connectivity index (χ4v) is 4.27. The lowest BCUT2D eigenvalue weighted by Gasteiger charge is -2.24. The van der Waals surface area contributed by atoms with Gasteiger partial charge in [-0.3, -0.25) is 4.79 Å². The second-order valence-electron chi connectivity index (χ2n) is 7.80. The van der Waals surface area contributed by atoms with Crippen LogP contribution in [-0.2, 0) is 11.3 Å². The van der Waals surface area contributed by atoms with Crippen molar-refractivity contribution in [3.63, 3.8) is 0 Å². The van der Waals surface area contributed by atoms with E-state index in [1.807, 2.05) is 29.2 Å². The molecule has 1 aliphatic rings. The SMILES string of the molecule is CC(=O)N1CCCC1c1nc2ccccc2n1CCCCOc1ccccc1C. The van der Waals surface area contributed by atoms with Crippen LogP contribution in [0.2, 0.25) is 0 Å². The molecule has 2 heterocycles. The smallest absolute Gasteiger partial charge is 0.220 e. The Kier molecular flexibility index (Phi) is 5.84. The van der Waals surface area contributed by atoms with Crippen LogP contribution < -0.4 is 4.74 Å². The van der Waals surface area contributed by atoms with E-state index in [-0.39, 0.29) is 11.9 Å². The summed E-state index contributed by atoms with van der Waals surface area (Å²) in [7, 11) is 0. The Morgan fingerprint density at radius 2 is 1.93 bits per heavy atom. The molecule has 1 unspecified atom stereocenters. The normalized spacial score (nSPS) is 16.5. The maximum Gasteiger partial charge on any atom is 0.220 e. The van der Waals surface area contributed by atoms with Gasteiger partial charge < -0.3 is 14.2 Å². The molecule has 0 radical (unpaired) electrons. The number of aromatic nitrogens is 2. The molecule has 152 valence electrons. The van der Waals surface area contributed by atoms with Gasteiger partial charge in [-0.2, -0.15) is 0 Å². The first-order valence-electron chi connectivity index (χ1n) is 10.6. The van der Waals surface area contributed by atoms with E-state index in [0.29, 0.717) is 6.61 Å². The Labute approximate surface area is 172 Å². The van der Waals surface area contributed by atoms with Crippen molar-refractivity contribution in [3.8, 4) is 5.75 Å². The summed E-state index contributed by atoms with van der Waals surface area (Å²) in [5.41, 5.74) is 3.33. The Morgan fingerprint density at radius 1 is 1.14 bits per heavy atom. The number of likely N-dealkylation sites (tertiary alicyclic amines) is 1. The van der Waals surface area contributed by atoms with Gasteiger partial charge >= 0.3 is 0 Å². The monoisotopic (exact) mass is 391 g/mol. The first-order valence-corrected chi connectivity index (χ1v) is 10.6. The standard InChI is InChI=1S/C24H29N3O2/c1-18-10-3-6-14-23(18)29-17-8-7-15-27-21-12-5-4-11-20(21)25-24(27)22-13-9-16-26(22)19(2)28/h3-6,10-12,14,22H,7-9,13,15-17H2,1-2H3. The molecule has 29 heavy (non-hydrogen) atoms. The van der Waals surface area contributed by atoms with E-state index in [1.165, 1.54) is 5.56 Å². The number of hydrogen-bond donors (Lipinski definition) is 0. The highest BCUT2D eigenvalue weighted by Crippen LogP contribution is 2.33. The van der Waals surface area contributed by atoms with Gasteiger partial charge in [0.05, 0.1) is 23.7 Å². The molecule has 5 nitrogen and oxygen atoms in total. The minimum atomic E-state index is 0.0862. The van der Waals surface area contributed by atoms with Crippen molar-refractivity contribution >= 4 is 16.9 Å². The zero-order valence-electron chi connectivity index (χ0n) is 17.3. The lowest BCUT2D eigenvalue weighted by atomic mass is 10.2. The van der Waals surface area contributed by atoms with E-state index < -0.39 is 0 Å². The predicted octanol–water partition coefficient (Wildman–Crippen LogP) is 4.89. The van der Waals surface area contributed by atoms with Gasteiger partial charge in [-0.15, -0.1) is 0 Å². The number of unbranched alkanes of at least 4 members (excludes halogenated alkanes) is 1. The average molecular weight is 392 g/mol. The first kappa shape index (κ1) is 19.5. The molecule has 1 atom stereocenters. The van der Waals surface area contributed by atoms with E-state index >= 15 is 0 Å². The summed E-state index contributed by atoms with van der Waals surface area (Å²) in [5.74, 6) is 2.13. The third-order valence-corrected chi connectivity index (χ3v) is 5.77. The maximum atomic E-state index is 12.1. The van der Waals surface area contributed by atoms with Crippen molar-refractivity contribution < 1.29 is 9.53 Å². The van der Waals surface area contributed by atoms with Crippen molar-refractivity contribution in [2.24, 2.45) is 0 Å². The summed E-state index contributed by atoms with van der Waals surface area (Å²) in [6.07, 6.45) is 4.00. The Hall–Kier alpha value is -2.82. The summed E-state index contributed by atoms with van der Waals surface area (Å²) in [6.45, 7) is 6.15. The van der Waals surface area contributed by atoms with E-state index in [9.17, 15) is 4.79 Å². The predicted molar refractivity (Wildman–Crippen MR) is 115 cm³/mol. The number of benzene rings is 2. The van der Waals surface area contributed by atoms with Gasteiger partial charge in [-0.05, 0) is 56.4 Å². The van der Waals surface area contributed by atoms with Gasteiger partial charge in [-0.25, -0.2) is 4.98 Å². The number of carbonyl (C=O) groups is 1. The number of amides is 1.